The number of hydrogen-bond acceptors (Lipinski definition) is 3. The Morgan fingerprint density at radius 1 is 0.939 bits per heavy atom. The Bertz CT molecular complexity index is 1370. The lowest BCUT2D eigenvalue weighted by Crippen LogP contribution is -2.18. The van der Waals surface area contributed by atoms with Gasteiger partial charge in [-0.25, -0.2) is 5.43 Å². The highest BCUT2D eigenvalue weighted by atomic mass is 16.5. The summed E-state index contributed by atoms with van der Waals surface area (Å²) in [5.74, 6) is 0.206. The van der Waals surface area contributed by atoms with Gasteiger partial charge < -0.3 is 9.30 Å². The number of amides is 1. The molecule has 168 valence electrons. The number of carbonyl (C=O) groups is 1. The topological polar surface area (TPSA) is 55.6 Å². The van der Waals surface area contributed by atoms with Gasteiger partial charge in [-0.2, -0.15) is 5.10 Å². The summed E-state index contributed by atoms with van der Waals surface area (Å²) in [5.41, 5.74) is 11.2. The Balaban J connectivity index is 1.61. The van der Waals surface area contributed by atoms with Crippen molar-refractivity contribution in [3.63, 3.8) is 0 Å². The molecule has 1 N–H and O–H groups in total. The lowest BCUT2D eigenvalue weighted by molar-refractivity contribution is 0.0952. The molecule has 33 heavy (non-hydrogen) atoms. The number of carbonyl (C=O) groups excluding carboxylic acids is 1. The van der Waals surface area contributed by atoms with E-state index in [4.69, 9.17) is 4.74 Å². The van der Waals surface area contributed by atoms with Crippen LogP contribution in [0.5, 0.6) is 5.75 Å². The van der Waals surface area contributed by atoms with Gasteiger partial charge >= 0.3 is 0 Å². The molecule has 0 radical (unpaired) electrons. The van der Waals surface area contributed by atoms with Gasteiger partial charge in [0.15, 0.2) is 0 Å². The quantitative estimate of drug-likeness (QED) is 0.309. The van der Waals surface area contributed by atoms with E-state index in [1.807, 2.05) is 36.4 Å². The van der Waals surface area contributed by atoms with Crippen LogP contribution in [0.1, 0.15) is 44.0 Å². The van der Waals surface area contributed by atoms with Gasteiger partial charge in [0.2, 0.25) is 0 Å². The number of nitrogens with zero attached hydrogens (tertiary/aromatic N) is 2. The van der Waals surface area contributed by atoms with Crippen molar-refractivity contribution in [1.29, 1.82) is 0 Å². The second-order valence-electron chi connectivity index (χ2n) is 8.51. The van der Waals surface area contributed by atoms with Gasteiger partial charge in [0.05, 0.1) is 24.6 Å². The first kappa shape index (κ1) is 22.3. The van der Waals surface area contributed by atoms with Crippen molar-refractivity contribution in [1.82, 2.24) is 9.99 Å². The molecule has 0 saturated heterocycles. The fourth-order valence-electron chi connectivity index (χ4n) is 4.57. The monoisotopic (exact) mass is 439 g/mol. The van der Waals surface area contributed by atoms with E-state index in [9.17, 15) is 4.79 Å². The molecule has 0 atom stereocenters. The molecule has 0 aliphatic rings. The molecule has 0 bridgehead atoms. The van der Waals surface area contributed by atoms with Gasteiger partial charge in [0.1, 0.15) is 5.75 Å². The Morgan fingerprint density at radius 3 is 2.21 bits per heavy atom. The van der Waals surface area contributed by atoms with Gasteiger partial charge in [0, 0.05) is 17.0 Å². The molecule has 0 aliphatic carbocycles. The predicted octanol–water partition coefficient (Wildman–Crippen LogP) is 5.95. The molecule has 5 nitrogen and oxygen atoms in total. The van der Waals surface area contributed by atoms with Gasteiger partial charge in [-0.3, -0.25) is 4.79 Å². The number of aromatic nitrogens is 1. The SMILES string of the molecule is COc1cc2ccccc2cc1C(=O)NN=Cc1cc(C)n(-c2c(C)cc(C)cc2C)c1C. The number of hydrogen-bond donors (Lipinski definition) is 1. The Hall–Kier alpha value is -3.86. The Kier molecular flexibility index (Phi) is 6.05. The number of benzene rings is 3. The fraction of sp³-hybridized carbons (Fsp3) is 0.214. The number of rotatable bonds is 5. The second kappa shape index (κ2) is 8.94. The first-order chi connectivity index (χ1) is 15.8. The zero-order valence-corrected chi connectivity index (χ0v) is 20.0. The highest BCUT2D eigenvalue weighted by molar-refractivity contribution is 6.02. The summed E-state index contributed by atoms with van der Waals surface area (Å²) in [6.45, 7) is 10.5. The zero-order valence-electron chi connectivity index (χ0n) is 20.0. The minimum Gasteiger partial charge on any atom is -0.496 e. The van der Waals surface area contributed by atoms with E-state index < -0.39 is 0 Å². The summed E-state index contributed by atoms with van der Waals surface area (Å²) in [6.07, 6.45) is 1.70. The fourth-order valence-corrected chi connectivity index (χ4v) is 4.57. The molecule has 1 aromatic heterocycles. The van der Waals surface area contributed by atoms with Crippen LogP contribution >= 0.6 is 0 Å². The second-order valence-corrected chi connectivity index (χ2v) is 8.51. The molecule has 3 aromatic carbocycles. The maximum absolute atomic E-state index is 12.8. The van der Waals surface area contributed by atoms with E-state index in [-0.39, 0.29) is 5.91 Å². The van der Waals surface area contributed by atoms with Crippen LogP contribution in [-0.4, -0.2) is 23.8 Å². The van der Waals surface area contributed by atoms with Crippen molar-refractivity contribution in [3.8, 4) is 11.4 Å². The number of methoxy groups -OCH3 is 1. The van der Waals surface area contributed by atoms with Crippen LogP contribution in [-0.2, 0) is 0 Å². The summed E-state index contributed by atoms with van der Waals surface area (Å²) < 4.78 is 7.69. The van der Waals surface area contributed by atoms with E-state index in [0.29, 0.717) is 11.3 Å². The van der Waals surface area contributed by atoms with Crippen molar-refractivity contribution < 1.29 is 9.53 Å². The molecule has 0 spiro atoms. The third-order valence-corrected chi connectivity index (χ3v) is 6.01. The lowest BCUT2D eigenvalue weighted by Gasteiger charge is -2.16. The van der Waals surface area contributed by atoms with Crippen molar-refractivity contribution in [2.45, 2.75) is 34.6 Å². The largest absolute Gasteiger partial charge is 0.496 e. The number of nitrogens with one attached hydrogen (secondary N) is 1. The average molecular weight is 440 g/mol. The molecule has 4 aromatic rings. The van der Waals surface area contributed by atoms with Crippen molar-refractivity contribution in [2.24, 2.45) is 5.10 Å². The first-order valence-corrected chi connectivity index (χ1v) is 11.0. The minimum atomic E-state index is -0.312. The molecule has 0 saturated carbocycles. The molecule has 4 rings (SSSR count). The van der Waals surface area contributed by atoms with E-state index in [1.165, 1.54) is 22.4 Å². The Morgan fingerprint density at radius 2 is 1.58 bits per heavy atom. The number of fused-ring (bicyclic) bond motifs is 1. The maximum Gasteiger partial charge on any atom is 0.275 e. The van der Waals surface area contributed by atoms with Gasteiger partial charge in [-0.15, -0.1) is 0 Å². The van der Waals surface area contributed by atoms with Crippen molar-refractivity contribution in [3.05, 3.63) is 93.8 Å². The first-order valence-electron chi connectivity index (χ1n) is 11.0. The van der Waals surface area contributed by atoms with E-state index in [2.05, 4.69) is 67.9 Å². The standard InChI is InChI=1S/C28H29N3O2/c1-17-11-18(2)27(19(3)12-17)31-20(4)13-24(21(31)5)16-29-30-28(32)25-14-22-9-7-8-10-23(22)15-26(25)33-6/h7-16H,1-6H3,(H,30,32). The van der Waals surface area contributed by atoms with Crippen molar-refractivity contribution in [2.75, 3.05) is 7.11 Å². The van der Waals surface area contributed by atoms with Crippen molar-refractivity contribution >= 4 is 22.9 Å². The summed E-state index contributed by atoms with van der Waals surface area (Å²) in [4.78, 5) is 12.8. The average Bonchev–Trinajstić information content (AvgIpc) is 3.05. The molecular weight excluding hydrogens is 410 g/mol. The molecule has 5 heteroatoms. The summed E-state index contributed by atoms with van der Waals surface area (Å²) in [5, 5.41) is 6.24. The van der Waals surface area contributed by atoms with Crippen LogP contribution in [0.25, 0.3) is 16.5 Å². The van der Waals surface area contributed by atoms with E-state index in [1.54, 1.807) is 13.3 Å². The molecule has 1 heterocycles. The lowest BCUT2D eigenvalue weighted by atomic mass is 10.0. The van der Waals surface area contributed by atoms with Crippen LogP contribution < -0.4 is 10.2 Å². The highest BCUT2D eigenvalue weighted by Crippen LogP contribution is 2.27. The van der Waals surface area contributed by atoms with Crippen LogP contribution in [0.15, 0.2) is 59.7 Å². The van der Waals surface area contributed by atoms with Gasteiger partial charge in [-0.1, -0.05) is 42.0 Å². The molecule has 0 fully saturated rings. The smallest absolute Gasteiger partial charge is 0.275 e. The molecule has 0 aliphatic heterocycles. The van der Waals surface area contributed by atoms with E-state index in [0.717, 1.165) is 27.7 Å². The normalized spacial score (nSPS) is 11.3. The number of aryl methyl sites for hydroxylation is 4. The number of hydrazone groups is 1. The third-order valence-electron chi connectivity index (χ3n) is 6.01. The van der Waals surface area contributed by atoms with Crippen LogP contribution in [0, 0.1) is 34.6 Å². The third kappa shape index (κ3) is 4.27. The summed E-state index contributed by atoms with van der Waals surface area (Å²) >= 11 is 0. The molecule has 0 unspecified atom stereocenters. The highest BCUT2D eigenvalue weighted by Gasteiger charge is 2.15. The number of ether oxygens (including phenoxy) is 1. The van der Waals surface area contributed by atoms with E-state index >= 15 is 0 Å². The van der Waals surface area contributed by atoms with Crippen LogP contribution in [0.3, 0.4) is 0 Å². The van der Waals surface area contributed by atoms with Crippen LogP contribution in [0.2, 0.25) is 0 Å². The van der Waals surface area contributed by atoms with Crippen LogP contribution in [0.4, 0.5) is 0 Å². The van der Waals surface area contributed by atoms with Gasteiger partial charge in [-0.05, 0) is 74.7 Å². The zero-order chi connectivity index (χ0) is 23.7. The summed E-state index contributed by atoms with van der Waals surface area (Å²) in [6, 6.07) is 18.0. The maximum atomic E-state index is 12.8. The predicted molar refractivity (Wildman–Crippen MR) is 135 cm³/mol. The summed E-state index contributed by atoms with van der Waals surface area (Å²) in [7, 11) is 1.56. The Labute approximate surface area is 194 Å². The van der Waals surface area contributed by atoms with Gasteiger partial charge in [0.25, 0.3) is 5.91 Å². The molecular formula is C28H29N3O2. The minimum absolute atomic E-state index is 0.312. The molecule has 1 amide bonds.